The van der Waals surface area contributed by atoms with Gasteiger partial charge < -0.3 is 0 Å². The number of isocyanates is 1. The van der Waals surface area contributed by atoms with E-state index < -0.39 is 0 Å². The van der Waals surface area contributed by atoms with Gasteiger partial charge in [0.1, 0.15) is 0 Å². The molecule has 1 heterocycles. The van der Waals surface area contributed by atoms with E-state index in [1.54, 1.807) is 27.6 Å². The van der Waals surface area contributed by atoms with Crippen molar-refractivity contribution < 1.29 is 4.79 Å². The molecule has 1 saturated carbocycles. The summed E-state index contributed by atoms with van der Waals surface area (Å²) in [5.41, 5.74) is 1.40. The third-order valence-electron chi connectivity index (χ3n) is 4.03. The highest BCUT2D eigenvalue weighted by Gasteiger charge is 2.44. The van der Waals surface area contributed by atoms with Gasteiger partial charge >= 0.3 is 5.69 Å². The average Bonchev–Trinajstić information content (AvgIpc) is 3.14. The lowest BCUT2D eigenvalue weighted by molar-refractivity contribution is 0.556. The van der Waals surface area contributed by atoms with Crippen molar-refractivity contribution >= 4 is 6.08 Å². The first-order chi connectivity index (χ1) is 10.1. The average molecular weight is 283 g/mol. The van der Waals surface area contributed by atoms with Crippen molar-refractivity contribution in [2.24, 2.45) is 4.99 Å². The summed E-state index contributed by atoms with van der Waals surface area (Å²) in [7, 11) is 0. The van der Waals surface area contributed by atoms with Gasteiger partial charge in [-0.15, -0.1) is 0 Å². The Hall–Kier alpha value is -2.39. The van der Waals surface area contributed by atoms with E-state index in [0.717, 1.165) is 24.1 Å². The number of hydrogen-bond donors (Lipinski definition) is 0. The van der Waals surface area contributed by atoms with Gasteiger partial charge in [0, 0.05) is 18.4 Å². The molecule has 5 nitrogen and oxygen atoms in total. The van der Waals surface area contributed by atoms with Crippen molar-refractivity contribution in [2.75, 3.05) is 0 Å². The smallest absolute Gasteiger partial charge is 0.296 e. The quantitative estimate of drug-likeness (QED) is 0.639. The van der Waals surface area contributed by atoms with Gasteiger partial charge in [-0.2, -0.15) is 4.99 Å². The van der Waals surface area contributed by atoms with Crippen LogP contribution in [0.25, 0.3) is 5.69 Å². The van der Waals surface area contributed by atoms with Crippen LogP contribution in [0.15, 0.2) is 46.4 Å². The van der Waals surface area contributed by atoms with Crippen molar-refractivity contribution in [3.8, 4) is 5.69 Å². The van der Waals surface area contributed by atoms with Crippen LogP contribution in [0.5, 0.6) is 0 Å². The Bertz CT molecular complexity index is 758. The van der Waals surface area contributed by atoms with Crippen LogP contribution in [-0.2, 0) is 10.3 Å². The molecule has 0 atom stereocenters. The summed E-state index contributed by atoms with van der Waals surface area (Å²) in [5.74, 6) is 0. The topological polar surface area (TPSA) is 56.4 Å². The highest BCUT2D eigenvalue weighted by molar-refractivity contribution is 5.44. The fourth-order valence-corrected chi connectivity index (χ4v) is 2.58. The maximum Gasteiger partial charge on any atom is 0.332 e. The summed E-state index contributed by atoms with van der Waals surface area (Å²) in [6.07, 6.45) is 6.98. The van der Waals surface area contributed by atoms with Gasteiger partial charge in [0.2, 0.25) is 6.08 Å². The molecule has 2 aromatic rings. The normalized spacial score (nSPS) is 15.8. The van der Waals surface area contributed by atoms with Gasteiger partial charge in [0.05, 0.1) is 11.2 Å². The van der Waals surface area contributed by atoms with E-state index in [9.17, 15) is 9.59 Å². The number of nitrogens with zero attached hydrogens (tertiary/aromatic N) is 3. The minimum absolute atomic E-state index is 0.0511. The molecular formula is C16H17N3O2. The Kier molecular flexibility index (Phi) is 3.15. The first-order valence-corrected chi connectivity index (χ1v) is 7.07. The highest BCUT2D eigenvalue weighted by Crippen LogP contribution is 2.49. The minimum atomic E-state index is -0.366. The summed E-state index contributed by atoms with van der Waals surface area (Å²) in [6.45, 7) is 3.95. The molecule has 0 spiro atoms. The van der Waals surface area contributed by atoms with Crippen LogP contribution in [0.1, 0.15) is 38.3 Å². The van der Waals surface area contributed by atoms with E-state index in [0.29, 0.717) is 0 Å². The fourth-order valence-electron chi connectivity index (χ4n) is 2.58. The second-order valence-electron chi connectivity index (χ2n) is 5.73. The lowest BCUT2D eigenvalue weighted by Gasteiger charge is -2.09. The number of benzene rings is 1. The summed E-state index contributed by atoms with van der Waals surface area (Å²) in [6, 6.07) is 7.78. The zero-order valence-electron chi connectivity index (χ0n) is 12.1. The Morgan fingerprint density at radius 1 is 1.19 bits per heavy atom. The van der Waals surface area contributed by atoms with E-state index in [1.165, 1.54) is 0 Å². The Balaban J connectivity index is 1.95. The lowest BCUT2D eigenvalue weighted by Crippen LogP contribution is -2.24. The molecule has 0 aliphatic heterocycles. The molecular weight excluding hydrogens is 266 g/mol. The molecule has 3 rings (SSSR count). The second-order valence-corrected chi connectivity index (χ2v) is 5.73. The molecule has 108 valence electrons. The first-order valence-electron chi connectivity index (χ1n) is 7.07. The first kappa shape index (κ1) is 13.6. The zero-order chi connectivity index (χ0) is 15.0. The summed E-state index contributed by atoms with van der Waals surface area (Å²) in [4.78, 5) is 26.7. The molecule has 0 amide bonds. The molecule has 0 bridgehead atoms. The van der Waals surface area contributed by atoms with Crippen LogP contribution in [0, 0.1) is 0 Å². The maximum atomic E-state index is 12.3. The van der Waals surface area contributed by atoms with Gasteiger partial charge in [0.15, 0.2) is 0 Å². The van der Waals surface area contributed by atoms with Crippen molar-refractivity contribution in [1.29, 1.82) is 0 Å². The van der Waals surface area contributed by atoms with Gasteiger partial charge in [-0.3, -0.25) is 9.13 Å². The number of aromatic nitrogens is 2. The summed E-state index contributed by atoms with van der Waals surface area (Å²) < 4.78 is 3.30. The standard InChI is InChI=1S/C16H17N3O2/c1-12(2)18-9-10-19(15(18)21)14-5-3-13(4-6-14)16(7-8-16)17-11-20/h3-6,9-10,12H,7-8H2,1-2H3. The van der Waals surface area contributed by atoms with Crippen molar-refractivity contribution in [3.05, 3.63) is 52.7 Å². The molecule has 5 heteroatoms. The van der Waals surface area contributed by atoms with Gasteiger partial charge in [-0.1, -0.05) is 12.1 Å². The van der Waals surface area contributed by atoms with Gasteiger partial charge in [-0.05, 0) is 44.4 Å². The van der Waals surface area contributed by atoms with Crippen LogP contribution in [0.3, 0.4) is 0 Å². The van der Waals surface area contributed by atoms with E-state index in [2.05, 4.69) is 4.99 Å². The second kappa shape index (κ2) is 4.86. The molecule has 1 aliphatic rings. The molecule has 0 unspecified atom stereocenters. The molecule has 1 aliphatic carbocycles. The molecule has 1 aromatic heterocycles. The van der Waals surface area contributed by atoms with Crippen LogP contribution >= 0.6 is 0 Å². The lowest BCUT2D eigenvalue weighted by atomic mass is 10.1. The Labute approximate surface area is 122 Å². The highest BCUT2D eigenvalue weighted by atomic mass is 16.1. The molecule has 0 radical (unpaired) electrons. The Morgan fingerprint density at radius 2 is 1.86 bits per heavy atom. The van der Waals surface area contributed by atoms with E-state index in [1.807, 2.05) is 38.1 Å². The largest absolute Gasteiger partial charge is 0.332 e. The van der Waals surface area contributed by atoms with Gasteiger partial charge in [-0.25, -0.2) is 9.59 Å². The summed E-state index contributed by atoms with van der Waals surface area (Å²) >= 11 is 0. The monoisotopic (exact) mass is 283 g/mol. The van der Waals surface area contributed by atoms with Crippen LogP contribution in [-0.4, -0.2) is 15.2 Å². The molecule has 21 heavy (non-hydrogen) atoms. The third kappa shape index (κ3) is 2.26. The number of imidazole rings is 1. The molecule has 0 saturated heterocycles. The predicted octanol–water partition coefficient (Wildman–Crippen LogP) is 2.54. The van der Waals surface area contributed by atoms with Crippen molar-refractivity contribution in [2.45, 2.75) is 38.3 Å². The van der Waals surface area contributed by atoms with Crippen molar-refractivity contribution in [3.63, 3.8) is 0 Å². The minimum Gasteiger partial charge on any atom is -0.296 e. The molecule has 1 fully saturated rings. The number of aliphatic imine (C=N–C) groups is 1. The maximum absolute atomic E-state index is 12.3. The van der Waals surface area contributed by atoms with Crippen LogP contribution in [0.2, 0.25) is 0 Å². The van der Waals surface area contributed by atoms with E-state index in [4.69, 9.17) is 0 Å². The number of carbonyl (C=O) groups excluding carboxylic acids is 1. The molecule has 0 N–H and O–H groups in total. The summed E-state index contributed by atoms with van der Waals surface area (Å²) in [5, 5.41) is 0. The Morgan fingerprint density at radius 3 is 2.33 bits per heavy atom. The van der Waals surface area contributed by atoms with Crippen LogP contribution in [0.4, 0.5) is 0 Å². The van der Waals surface area contributed by atoms with Crippen molar-refractivity contribution in [1.82, 2.24) is 9.13 Å². The third-order valence-corrected chi connectivity index (χ3v) is 4.03. The fraction of sp³-hybridized carbons (Fsp3) is 0.375. The zero-order valence-corrected chi connectivity index (χ0v) is 12.1. The molecule has 1 aromatic carbocycles. The van der Waals surface area contributed by atoms with E-state index >= 15 is 0 Å². The van der Waals surface area contributed by atoms with Gasteiger partial charge in [0.25, 0.3) is 0 Å². The predicted molar refractivity (Wildman–Crippen MR) is 79.4 cm³/mol. The SMILES string of the molecule is CC(C)n1ccn(-c2ccc(C3(N=C=O)CC3)cc2)c1=O. The number of hydrogen-bond acceptors (Lipinski definition) is 3. The van der Waals surface area contributed by atoms with E-state index in [-0.39, 0.29) is 17.3 Å². The number of rotatable bonds is 4. The van der Waals surface area contributed by atoms with Crippen LogP contribution < -0.4 is 5.69 Å².